The molecule has 114 valence electrons. The van der Waals surface area contributed by atoms with E-state index >= 15 is 0 Å². The number of benzene rings is 1. The predicted octanol–water partition coefficient (Wildman–Crippen LogP) is 0.455. The first-order valence-corrected chi connectivity index (χ1v) is 6.92. The molecule has 6 nitrogen and oxygen atoms in total. The minimum absolute atomic E-state index is 0.0335. The minimum atomic E-state index is -0.466. The number of thiocarbonyl (C=S) groups is 1. The van der Waals surface area contributed by atoms with Gasteiger partial charge in [-0.05, 0) is 26.0 Å². The SMILES string of the molecule is CC(C)N(CC(N)=O)CC(=O)Nc1cccc(C(N)=S)c1. The van der Waals surface area contributed by atoms with Gasteiger partial charge in [-0.1, -0.05) is 24.4 Å². The molecule has 0 saturated carbocycles. The fourth-order valence-electron chi connectivity index (χ4n) is 1.76. The molecule has 1 rings (SSSR count). The summed E-state index contributed by atoms with van der Waals surface area (Å²) in [7, 11) is 0. The summed E-state index contributed by atoms with van der Waals surface area (Å²) in [6, 6.07) is 7.01. The average Bonchev–Trinajstić information content (AvgIpc) is 2.37. The van der Waals surface area contributed by atoms with E-state index in [2.05, 4.69) is 5.32 Å². The molecule has 0 bridgehead atoms. The number of primary amides is 1. The van der Waals surface area contributed by atoms with Crippen molar-refractivity contribution in [2.75, 3.05) is 18.4 Å². The summed E-state index contributed by atoms with van der Waals surface area (Å²) in [5.41, 5.74) is 12.0. The zero-order valence-electron chi connectivity index (χ0n) is 12.1. The van der Waals surface area contributed by atoms with Crippen LogP contribution in [0, 0.1) is 0 Å². The summed E-state index contributed by atoms with van der Waals surface area (Å²) >= 11 is 4.89. The molecular weight excluding hydrogens is 288 g/mol. The number of hydrogen-bond donors (Lipinski definition) is 3. The summed E-state index contributed by atoms with van der Waals surface area (Å²) in [6.07, 6.45) is 0. The molecule has 0 aliphatic heterocycles. The van der Waals surface area contributed by atoms with Crippen LogP contribution >= 0.6 is 12.2 Å². The standard InChI is InChI=1S/C14H20N4O2S/c1-9(2)18(7-12(15)19)8-13(20)17-11-5-3-4-10(6-11)14(16)21/h3-6,9H,7-8H2,1-2H3,(H2,15,19)(H2,16,21)(H,17,20). The molecule has 0 aromatic heterocycles. The number of nitrogens with two attached hydrogens (primary N) is 2. The van der Waals surface area contributed by atoms with Crippen molar-refractivity contribution in [1.29, 1.82) is 0 Å². The number of carbonyl (C=O) groups excluding carboxylic acids is 2. The van der Waals surface area contributed by atoms with Crippen LogP contribution in [0.15, 0.2) is 24.3 Å². The second-order valence-electron chi connectivity index (χ2n) is 4.96. The largest absolute Gasteiger partial charge is 0.389 e. The molecule has 0 aliphatic carbocycles. The van der Waals surface area contributed by atoms with Crippen LogP contribution in [0.5, 0.6) is 0 Å². The van der Waals surface area contributed by atoms with E-state index in [1.165, 1.54) is 0 Å². The van der Waals surface area contributed by atoms with Crippen molar-refractivity contribution in [3.8, 4) is 0 Å². The Bertz CT molecular complexity index is 546. The maximum Gasteiger partial charge on any atom is 0.238 e. The summed E-state index contributed by atoms with van der Waals surface area (Å²) in [6.45, 7) is 3.91. The van der Waals surface area contributed by atoms with Crippen molar-refractivity contribution in [2.45, 2.75) is 19.9 Å². The molecule has 0 unspecified atom stereocenters. The van der Waals surface area contributed by atoms with E-state index < -0.39 is 5.91 Å². The molecule has 0 aliphatic rings. The van der Waals surface area contributed by atoms with Crippen molar-refractivity contribution in [1.82, 2.24) is 4.90 Å². The van der Waals surface area contributed by atoms with Gasteiger partial charge in [0.1, 0.15) is 4.99 Å². The Hall–Kier alpha value is -1.99. The number of nitrogens with one attached hydrogen (secondary N) is 1. The highest BCUT2D eigenvalue weighted by Crippen LogP contribution is 2.11. The fourth-order valence-corrected chi connectivity index (χ4v) is 1.88. The highest BCUT2D eigenvalue weighted by atomic mass is 32.1. The third-order valence-electron chi connectivity index (χ3n) is 2.87. The molecule has 1 aromatic rings. The highest BCUT2D eigenvalue weighted by Gasteiger charge is 2.16. The molecule has 0 fully saturated rings. The highest BCUT2D eigenvalue weighted by molar-refractivity contribution is 7.80. The Balaban J connectivity index is 2.69. The molecule has 1 aromatic carbocycles. The van der Waals surface area contributed by atoms with Gasteiger partial charge in [-0.15, -0.1) is 0 Å². The Morgan fingerprint density at radius 2 is 1.95 bits per heavy atom. The number of nitrogens with zero attached hydrogens (tertiary/aromatic N) is 1. The Kier molecular flexibility index (Phi) is 6.26. The molecular formula is C14H20N4O2S. The third-order valence-corrected chi connectivity index (χ3v) is 3.10. The van der Waals surface area contributed by atoms with E-state index in [-0.39, 0.29) is 30.0 Å². The molecule has 0 heterocycles. The van der Waals surface area contributed by atoms with Gasteiger partial charge in [0.15, 0.2) is 0 Å². The first-order chi connectivity index (χ1) is 9.79. The minimum Gasteiger partial charge on any atom is -0.389 e. The number of anilines is 1. The van der Waals surface area contributed by atoms with E-state index in [1.807, 2.05) is 13.8 Å². The lowest BCUT2D eigenvalue weighted by molar-refractivity contribution is -0.121. The topological polar surface area (TPSA) is 101 Å². The lowest BCUT2D eigenvalue weighted by Gasteiger charge is -2.24. The lowest BCUT2D eigenvalue weighted by Crippen LogP contribution is -2.43. The Labute approximate surface area is 129 Å². The first kappa shape index (κ1) is 17.1. The molecule has 7 heteroatoms. The van der Waals surface area contributed by atoms with Gasteiger partial charge in [0.05, 0.1) is 13.1 Å². The van der Waals surface area contributed by atoms with Crippen molar-refractivity contribution in [3.05, 3.63) is 29.8 Å². The van der Waals surface area contributed by atoms with E-state index in [0.29, 0.717) is 11.3 Å². The van der Waals surface area contributed by atoms with Crippen molar-refractivity contribution in [3.63, 3.8) is 0 Å². The average molecular weight is 308 g/mol. The molecule has 5 N–H and O–H groups in total. The zero-order chi connectivity index (χ0) is 16.0. The number of hydrogen-bond acceptors (Lipinski definition) is 4. The zero-order valence-corrected chi connectivity index (χ0v) is 12.9. The fraction of sp³-hybridized carbons (Fsp3) is 0.357. The van der Waals surface area contributed by atoms with Gasteiger partial charge in [-0.3, -0.25) is 14.5 Å². The van der Waals surface area contributed by atoms with E-state index in [0.717, 1.165) is 0 Å². The van der Waals surface area contributed by atoms with Gasteiger partial charge < -0.3 is 16.8 Å². The summed E-state index contributed by atoms with van der Waals surface area (Å²) in [5, 5.41) is 2.75. The first-order valence-electron chi connectivity index (χ1n) is 6.51. The predicted molar refractivity (Wildman–Crippen MR) is 86.9 cm³/mol. The third kappa shape index (κ3) is 5.88. The van der Waals surface area contributed by atoms with Crippen molar-refractivity contribution in [2.24, 2.45) is 11.5 Å². The van der Waals surface area contributed by atoms with Crippen LogP contribution in [-0.4, -0.2) is 40.8 Å². The van der Waals surface area contributed by atoms with E-state index in [4.69, 9.17) is 23.7 Å². The van der Waals surface area contributed by atoms with Crippen molar-refractivity contribution >= 4 is 34.7 Å². The van der Waals surface area contributed by atoms with Crippen molar-refractivity contribution < 1.29 is 9.59 Å². The molecule has 0 saturated heterocycles. The molecule has 0 spiro atoms. The summed E-state index contributed by atoms with van der Waals surface area (Å²) < 4.78 is 0. The van der Waals surface area contributed by atoms with Crippen LogP contribution in [0.25, 0.3) is 0 Å². The molecule has 0 atom stereocenters. The maximum atomic E-state index is 12.0. The molecule has 0 radical (unpaired) electrons. The monoisotopic (exact) mass is 308 g/mol. The van der Waals surface area contributed by atoms with Gasteiger partial charge >= 0.3 is 0 Å². The van der Waals surface area contributed by atoms with Crippen LogP contribution < -0.4 is 16.8 Å². The maximum absolute atomic E-state index is 12.0. The second kappa shape index (κ2) is 7.70. The summed E-state index contributed by atoms with van der Waals surface area (Å²) in [5.74, 6) is -0.697. The van der Waals surface area contributed by atoms with E-state index in [9.17, 15) is 9.59 Å². The van der Waals surface area contributed by atoms with E-state index in [1.54, 1.807) is 29.2 Å². The summed E-state index contributed by atoms with van der Waals surface area (Å²) in [4.78, 5) is 25.0. The van der Waals surface area contributed by atoms with Crippen LogP contribution in [0.4, 0.5) is 5.69 Å². The molecule has 2 amide bonds. The van der Waals surface area contributed by atoms with Crippen LogP contribution in [0.2, 0.25) is 0 Å². The van der Waals surface area contributed by atoms with Crippen LogP contribution in [0.1, 0.15) is 19.4 Å². The van der Waals surface area contributed by atoms with Crippen LogP contribution in [-0.2, 0) is 9.59 Å². The lowest BCUT2D eigenvalue weighted by atomic mass is 10.2. The number of carbonyl (C=O) groups is 2. The van der Waals surface area contributed by atoms with Crippen LogP contribution in [0.3, 0.4) is 0 Å². The van der Waals surface area contributed by atoms with Gasteiger partial charge in [0.25, 0.3) is 0 Å². The Morgan fingerprint density at radius 3 is 2.48 bits per heavy atom. The van der Waals surface area contributed by atoms with Gasteiger partial charge in [-0.25, -0.2) is 0 Å². The smallest absolute Gasteiger partial charge is 0.238 e. The quantitative estimate of drug-likeness (QED) is 0.635. The Morgan fingerprint density at radius 1 is 1.29 bits per heavy atom. The normalized spacial score (nSPS) is 10.7. The van der Waals surface area contributed by atoms with Gasteiger partial charge in [0, 0.05) is 17.3 Å². The van der Waals surface area contributed by atoms with Gasteiger partial charge in [0.2, 0.25) is 11.8 Å². The molecule has 21 heavy (non-hydrogen) atoms. The number of amides is 2. The van der Waals surface area contributed by atoms with Gasteiger partial charge in [-0.2, -0.15) is 0 Å². The number of rotatable bonds is 7. The second-order valence-corrected chi connectivity index (χ2v) is 5.40.